The molecule has 7 heteroatoms. The lowest BCUT2D eigenvalue weighted by molar-refractivity contribution is -0.131. The van der Waals surface area contributed by atoms with Crippen LogP contribution in [0, 0.1) is 5.82 Å². The number of nitrogens with one attached hydrogen (secondary N) is 1. The summed E-state index contributed by atoms with van der Waals surface area (Å²) in [6.07, 6.45) is 3.39. The first-order valence-electron chi connectivity index (χ1n) is 5.86. The molecule has 21 heavy (non-hydrogen) atoms. The zero-order chi connectivity index (χ0) is 15.2. The lowest BCUT2D eigenvalue weighted by Crippen LogP contribution is -2.13. The topological polar surface area (TPSA) is 92.2 Å². The van der Waals surface area contributed by atoms with Crippen molar-refractivity contribution in [3.05, 3.63) is 59.5 Å². The second-order valence-corrected chi connectivity index (χ2v) is 3.97. The van der Waals surface area contributed by atoms with Crippen molar-refractivity contribution in [2.24, 2.45) is 0 Å². The molecule has 6 nitrogen and oxygen atoms in total. The zero-order valence-corrected chi connectivity index (χ0v) is 10.7. The summed E-state index contributed by atoms with van der Waals surface area (Å²) < 4.78 is 13.7. The van der Waals surface area contributed by atoms with Gasteiger partial charge in [0.15, 0.2) is 5.82 Å². The van der Waals surface area contributed by atoms with Crippen molar-refractivity contribution in [3.8, 4) is 0 Å². The summed E-state index contributed by atoms with van der Waals surface area (Å²) in [5.41, 5.74) is 0.166. The van der Waals surface area contributed by atoms with E-state index in [2.05, 4.69) is 15.5 Å². The van der Waals surface area contributed by atoms with Gasteiger partial charge < -0.3 is 10.4 Å². The molecule has 0 saturated carbocycles. The Hall–Kier alpha value is -3.09. The Morgan fingerprint density at radius 3 is 2.71 bits per heavy atom. The summed E-state index contributed by atoms with van der Waals surface area (Å²) in [5.74, 6) is -2.17. The Balaban J connectivity index is 2.16. The number of halogens is 1. The summed E-state index contributed by atoms with van der Waals surface area (Å²) in [6, 6.07) is 6.87. The Morgan fingerprint density at radius 1 is 1.29 bits per heavy atom. The third-order valence-corrected chi connectivity index (χ3v) is 2.48. The van der Waals surface area contributed by atoms with Crippen molar-refractivity contribution >= 4 is 23.8 Å². The molecule has 1 aromatic carbocycles. The molecule has 0 fully saturated rings. The molecule has 2 aromatic rings. The molecule has 0 radical (unpaired) electrons. The van der Waals surface area contributed by atoms with Crippen LogP contribution in [-0.2, 0) is 4.79 Å². The van der Waals surface area contributed by atoms with Gasteiger partial charge in [0.2, 0.25) is 0 Å². The SMILES string of the molecule is O=C(O)/C=C/c1ccc(C(=O)Nc2cccnn2)cc1F. The summed E-state index contributed by atoms with van der Waals surface area (Å²) in [6.45, 7) is 0. The van der Waals surface area contributed by atoms with E-state index in [1.54, 1.807) is 12.1 Å². The predicted molar refractivity (Wildman–Crippen MR) is 73.1 cm³/mol. The highest BCUT2D eigenvalue weighted by atomic mass is 19.1. The van der Waals surface area contributed by atoms with Gasteiger partial charge >= 0.3 is 5.97 Å². The van der Waals surface area contributed by atoms with Crippen LogP contribution in [0.15, 0.2) is 42.6 Å². The minimum absolute atomic E-state index is 0.0773. The Labute approximate surface area is 118 Å². The molecule has 2 rings (SSSR count). The Kier molecular flexibility index (Phi) is 4.35. The minimum atomic E-state index is -1.18. The third kappa shape index (κ3) is 3.93. The Bertz CT molecular complexity index is 702. The number of carbonyl (C=O) groups excluding carboxylic acids is 1. The van der Waals surface area contributed by atoms with E-state index in [1.807, 2.05) is 0 Å². The van der Waals surface area contributed by atoms with E-state index < -0.39 is 17.7 Å². The quantitative estimate of drug-likeness (QED) is 0.839. The van der Waals surface area contributed by atoms with Crippen LogP contribution in [-0.4, -0.2) is 27.2 Å². The van der Waals surface area contributed by atoms with E-state index in [0.29, 0.717) is 0 Å². The number of benzene rings is 1. The number of amides is 1. The predicted octanol–water partition coefficient (Wildman–Crippen LogP) is 1.97. The second kappa shape index (κ2) is 6.38. The highest BCUT2D eigenvalue weighted by molar-refractivity contribution is 6.03. The number of aromatic nitrogens is 2. The third-order valence-electron chi connectivity index (χ3n) is 2.48. The number of carboxylic acid groups (broad SMARTS) is 1. The minimum Gasteiger partial charge on any atom is -0.478 e. The van der Waals surface area contributed by atoms with Crippen molar-refractivity contribution in [2.45, 2.75) is 0 Å². The molecule has 0 aliphatic heterocycles. The van der Waals surface area contributed by atoms with Crippen molar-refractivity contribution in [3.63, 3.8) is 0 Å². The maximum Gasteiger partial charge on any atom is 0.328 e. The standard InChI is InChI=1S/C14H10FN3O3/c15-11-8-10(4-3-9(11)5-6-13(19)20)14(21)17-12-2-1-7-16-18-12/h1-8H,(H,19,20)(H,17,18,21)/b6-5+. The summed E-state index contributed by atoms with van der Waals surface area (Å²) in [7, 11) is 0. The van der Waals surface area contributed by atoms with Gasteiger partial charge in [0, 0.05) is 23.4 Å². The van der Waals surface area contributed by atoms with Crippen LogP contribution in [0.3, 0.4) is 0 Å². The lowest BCUT2D eigenvalue weighted by Gasteiger charge is -2.04. The van der Waals surface area contributed by atoms with Gasteiger partial charge in [-0.25, -0.2) is 9.18 Å². The van der Waals surface area contributed by atoms with Crippen LogP contribution in [0.25, 0.3) is 6.08 Å². The largest absolute Gasteiger partial charge is 0.478 e. The van der Waals surface area contributed by atoms with Gasteiger partial charge in [-0.05, 0) is 30.3 Å². The normalized spacial score (nSPS) is 10.5. The van der Waals surface area contributed by atoms with E-state index in [-0.39, 0.29) is 16.9 Å². The number of carboxylic acids is 1. The number of rotatable bonds is 4. The summed E-state index contributed by atoms with van der Waals surface area (Å²) >= 11 is 0. The number of nitrogens with zero attached hydrogens (tertiary/aromatic N) is 2. The highest BCUT2D eigenvalue weighted by Crippen LogP contribution is 2.13. The lowest BCUT2D eigenvalue weighted by atomic mass is 10.1. The molecule has 1 amide bonds. The molecule has 2 N–H and O–H groups in total. The average molecular weight is 287 g/mol. The maximum atomic E-state index is 13.7. The van der Waals surface area contributed by atoms with E-state index in [0.717, 1.165) is 18.2 Å². The average Bonchev–Trinajstić information content (AvgIpc) is 2.46. The number of anilines is 1. The molecule has 0 bridgehead atoms. The fourth-order valence-electron chi connectivity index (χ4n) is 1.52. The van der Waals surface area contributed by atoms with Crippen LogP contribution in [0.2, 0.25) is 0 Å². The van der Waals surface area contributed by atoms with Crippen LogP contribution in [0.4, 0.5) is 10.2 Å². The van der Waals surface area contributed by atoms with Gasteiger partial charge in [-0.2, -0.15) is 5.10 Å². The smallest absolute Gasteiger partial charge is 0.328 e. The van der Waals surface area contributed by atoms with Crippen LogP contribution >= 0.6 is 0 Å². The number of aliphatic carboxylic acids is 1. The van der Waals surface area contributed by atoms with E-state index in [9.17, 15) is 14.0 Å². The molecule has 0 atom stereocenters. The zero-order valence-electron chi connectivity index (χ0n) is 10.7. The van der Waals surface area contributed by atoms with Crippen molar-refractivity contribution in [1.82, 2.24) is 10.2 Å². The first kappa shape index (κ1) is 14.3. The number of hydrogen-bond donors (Lipinski definition) is 2. The van der Waals surface area contributed by atoms with E-state index in [1.165, 1.54) is 18.3 Å². The van der Waals surface area contributed by atoms with Crippen LogP contribution in [0.1, 0.15) is 15.9 Å². The van der Waals surface area contributed by atoms with Gasteiger partial charge in [0.05, 0.1) is 0 Å². The van der Waals surface area contributed by atoms with Gasteiger partial charge in [-0.15, -0.1) is 5.10 Å². The Morgan fingerprint density at radius 2 is 2.10 bits per heavy atom. The molecular weight excluding hydrogens is 277 g/mol. The molecule has 0 saturated heterocycles. The molecule has 106 valence electrons. The number of hydrogen-bond acceptors (Lipinski definition) is 4. The van der Waals surface area contributed by atoms with Crippen molar-refractivity contribution < 1.29 is 19.1 Å². The molecule has 0 aliphatic rings. The maximum absolute atomic E-state index is 13.7. The first-order valence-corrected chi connectivity index (χ1v) is 5.86. The van der Waals surface area contributed by atoms with E-state index in [4.69, 9.17) is 5.11 Å². The number of carbonyl (C=O) groups is 2. The summed E-state index contributed by atoms with van der Waals surface area (Å²) in [5, 5.41) is 18.2. The first-order chi connectivity index (χ1) is 10.1. The molecule has 1 heterocycles. The van der Waals surface area contributed by atoms with Crippen LogP contribution in [0.5, 0.6) is 0 Å². The monoisotopic (exact) mass is 287 g/mol. The van der Waals surface area contributed by atoms with Gasteiger partial charge in [-0.3, -0.25) is 4.79 Å². The molecule has 0 unspecified atom stereocenters. The van der Waals surface area contributed by atoms with E-state index >= 15 is 0 Å². The fourth-order valence-corrected chi connectivity index (χ4v) is 1.52. The molecule has 0 aliphatic carbocycles. The fraction of sp³-hybridized carbons (Fsp3) is 0. The van der Waals surface area contributed by atoms with Crippen LogP contribution < -0.4 is 5.32 Å². The van der Waals surface area contributed by atoms with Crippen molar-refractivity contribution in [2.75, 3.05) is 5.32 Å². The second-order valence-electron chi connectivity index (χ2n) is 3.97. The summed E-state index contributed by atoms with van der Waals surface area (Å²) in [4.78, 5) is 22.3. The van der Waals surface area contributed by atoms with Gasteiger partial charge in [-0.1, -0.05) is 6.07 Å². The van der Waals surface area contributed by atoms with Gasteiger partial charge in [0.25, 0.3) is 5.91 Å². The molecule has 1 aromatic heterocycles. The molecule has 0 spiro atoms. The highest BCUT2D eigenvalue weighted by Gasteiger charge is 2.09. The van der Waals surface area contributed by atoms with Crippen molar-refractivity contribution in [1.29, 1.82) is 0 Å². The molecular formula is C14H10FN3O3. The van der Waals surface area contributed by atoms with Gasteiger partial charge in [0.1, 0.15) is 5.82 Å².